The number of likely N-dealkylation sites (tertiary alicyclic amines) is 1. The van der Waals surface area contributed by atoms with Crippen LogP contribution in [0.25, 0.3) is 0 Å². The number of rotatable bonds is 4. The highest BCUT2D eigenvalue weighted by atomic mass is 16.1. The summed E-state index contributed by atoms with van der Waals surface area (Å²) in [7, 11) is 0. The summed E-state index contributed by atoms with van der Waals surface area (Å²) in [5.74, 6) is 0.400. The van der Waals surface area contributed by atoms with Crippen molar-refractivity contribution in [3.05, 3.63) is 0 Å². The lowest BCUT2D eigenvalue weighted by Gasteiger charge is -2.29. The first kappa shape index (κ1) is 14.7. The van der Waals surface area contributed by atoms with Gasteiger partial charge in [0.15, 0.2) is 0 Å². The third-order valence-electron chi connectivity index (χ3n) is 3.93. The third kappa shape index (κ3) is 4.79. The van der Waals surface area contributed by atoms with E-state index in [0.717, 1.165) is 13.0 Å². The third-order valence-corrected chi connectivity index (χ3v) is 3.93. The summed E-state index contributed by atoms with van der Waals surface area (Å²) in [5, 5.41) is 0. The Bertz CT molecular complexity index is 242. The molecule has 17 heavy (non-hydrogen) atoms. The van der Waals surface area contributed by atoms with Crippen LogP contribution in [0.1, 0.15) is 66.2 Å². The minimum Gasteiger partial charge on any atom is -0.300 e. The molecule has 1 atom stereocenters. The molecular formula is C15H29NO. The minimum absolute atomic E-state index is 0.173. The van der Waals surface area contributed by atoms with Crippen LogP contribution < -0.4 is 0 Å². The van der Waals surface area contributed by atoms with Crippen LogP contribution in [0.4, 0.5) is 0 Å². The first-order chi connectivity index (χ1) is 7.95. The topological polar surface area (TPSA) is 20.3 Å². The van der Waals surface area contributed by atoms with E-state index in [-0.39, 0.29) is 5.41 Å². The monoisotopic (exact) mass is 239 g/mol. The fraction of sp³-hybridized carbons (Fsp3) is 0.933. The quantitative estimate of drug-likeness (QED) is 0.746. The normalized spacial score (nSPS) is 23.4. The Morgan fingerprint density at radius 3 is 2.53 bits per heavy atom. The molecule has 1 aliphatic rings. The van der Waals surface area contributed by atoms with Crippen LogP contribution in [0.3, 0.4) is 0 Å². The Balaban J connectivity index is 2.45. The Labute approximate surface area is 107 Å². The van der Waals surface area contributed by atoms with Gasteiger partial charge in [-0.1, -0.05) is 40.5 Å². The maximum Gasteiger partial charge on any atom is 0.139 e. The van der Waals surface area contributed by atoms with Crippen molar-refractivity contribution in [3.8, 4) is 0 Å². The summed E-state index contributed by atoms with van der Waals surface area (Å²) in [6.45, 7) is 10.5. The molecule has 2 heteroatoms. The van der Waals surface area contributed by atoms with E-state index in [1.165, 1.54) is 38.6 Å². The summed E-state index contributed by atoms with van der Waals surface area (Å²) < 4.78 is 0. The Morgan fingerprint density at radius 2 is 1.94 bits per heavy atom. The number of carbonyl (C=O) groups is 1. The fourth-order valence-corrected chi connectivity index (χ4v) is 2.61. The van der Waals surface area contributed by atoms with E-state index >= 15 is 0 Å². The van der Waals surface area contributed by atoms with Gasteiger partial charge in [-0.05, 0) is 25.8 Å². The van der Waals surface area contributed by atoms with Gasteiger partial charge in [0.05, 0.1) is 0 Å². The SMILES string of the molecule is CCC1CCCCCN1CCC(=O)C(C)(C)C. The van der Waals surface area contributed by atoms with Crippen molar-refractivity contribution >= 4 is 5.78 Å². The number of hydrogen-bond acceptors (Lipinski definition) is 2. The van der Waals surface area contributed by atoms with Crippen LogP contribution in [0.2, 0.25) is 0 Å². The van der Waals surface area contributed by atoms with Gasteiger partial charge in [0, 0.05) is 24.4 Å². The number of ketones is 1. The van der Waals surface area contributed by atoms with Crippen LogP contribution in [0.5, 0.6) is 0 Å². The Morgan fingerprint density at radius 1 is 1.24 bits per heavy atom. The second kappa shape index (κ2) is 6.53. The summed E-state index contributed by atoms with van der Waals surface area (Å²) in [6, 6.07) is 0.713. The molecule has 0 N–H and O–H groups in total. The van der Waals surface area contributed by atoms with E-state index in [0.29, 0.717) is 11.8 Å². The zero-order valence-corrected chi connectivity index (χ0v) is 12.1. The van der Waals surface area contributed by atoms with Gasteiger partial charge in [0.1, 0.15) is 5.78 Å². The molecule has 2 nitrogen and oxygen atoms in total. The first-order valence-electron chi connectivity index (χ1n) is 7.22. The Kier molecular flexibility index (Phi) is 5.64. The highest BCUT2D eigenvalue weighted by Gasteiger charge is 2.24. The summed E-state index contributed by atoms with van der Waals surface area (Å²) in [4.78, 5) is 14.5. The largest absolute Gasteiger partial charge is 0.300 e. The van der Waals surface area contributed by atoms with Gasteiger partial charge in [0.2, 0.25) is 0 Å². The highest BCUT2D eigenvalue weighted by molar-refractivity contribution is 5.83. The van der Waals surface area contributed by atoms with E-state index in [1.807, 2.05) is 20.8 Å². The molecule has 1 aliphatic heterocycles. The van der Waals surface area contributed by atoms with Crippen molar-refractivity contribution in [2.24, 2.45) is 5.41 Å². The van der Waals surface area contributed by atoms with Crippen molar-refractivity contribution in [1.82, 2.24) is 4.90 Å². The zero-order chi connectivity index (χ0) is 12.9. The van der Waals surface area contributed by atoms with E-state index in [9.17, 15) is 4.79 Å². The minimum atomic E-state index is -0.173. The van der Waals surface area contributed by atoms with Crippen LogP contribution in [-0.2, 0) is 4.79 Å². The Hall–Kier alpha value is -0.370. The van der Waals surface area contributed by atoms with E-state index < -0.39 is 0 Å². The van der Waals surface area contributed by atoms with Crippen LogP contribution in [0, 0.1) is 5.41 Å². The maximum absolute atomic E-state index is 12.0. The molecule has 0 radical (unpaired) electrons. The molecule has 1 unspecified atom stereocenters. The van der Waals surface area contributed by atoms with Crippen molar-refractivity contribution < 1.29 is 4.79 Å². The highest BCUT2D eigenvalue weighted by Crippen LogP contribution is 2.21. The molecule has 0 aliphatic carbocycles. The average molecular weight is 239 g/mol. The molecule has 1 rings (SSSR count). The molecule has 1 fully saturated rings. The molecule has 0 spiro atoms. The molecule has 0 aromatic rings. The summed E-state index contributed by atoms with van der Waals surface area (Å²) >= 11 is 0. The van der Waals surface area contributed by atoms with Crippen LogP contribution >= 0.6 is 0 Å². The van der Waals surface area contributed by atoms with Crippen LogP contribution in [-0.4, -0.2) is 29.8 Å². The van der Waals surface area contributed by atoms with Crippen molar-refractivity contribution in [1.29, 1.82) is 0 Å². The standard InChI is InChI=1S/C15H29NO/c1-5-13-9-7-6-8-11-16(13)12-10-14(17)15(2,3)4/h13H,5-12H2,1-4H3. The van der Waals surface area contributed by atoms with Gasteiger partial charge in [-0.2, -0.15) is 0 Å². The summed E-state index contributed by atoms with van der Waals surface area (Å²) in [6.07, 6.45) is 7.30. The lowest BCUT2D eigenvalue weighted by molar-refractivity contribution is -0.126. The number of Topliss-reactive ketones (excluding diaryl/α,β-unsaturated/α-hetero) is 1. The molecule has 0 aromatic carbocycles. The number of nitrogens with zero attached hydrogens (tertiary/aromatic N) is 1. The maximum atomic E-state index is 12.0. The summed E-state index contributed by atoms with van der Waals surface area (Å²) in [5.41, 5.74) is -0.173. The van der Waals surface area contributed by atoms with Crippen molar-refractivity contribution in [3.63, 3.8) is 0 Å². The molecule has 1 heterocycles. The lowest BCUT2D eigenvalue weighted by Crippen LogP contribution is -2.37. The molecule has 0 saturated carbocycles. The van der Waals surface area contributed by atoms with E-state index in [4.69, 9.17) is 0 Å². The zero-order valence-electron chi connectivity index (χ0n) is 12.1. The van der Waals surface area contributed by atoms with Gasteiger partial charge in [0.25, 0.3) is 0 Å². The molecule has 1 saturated heterocycles. The van der Waals surface area contributed by atoms with Crippen LogP contribution in [0.15, 0.2) is 0 Å². The predicted octanol–water partition coefficient (Wildman–Crippen LogP) is 3.65. The van der Waals surface area contributed by atoms with Gasteiger partial charge >= 0.3 is 0 Å². The van der Waals surface area contributed by atoms with Gasteiger partial charge in [-0.15, -0.1) is 0 Å². The smallest absolute Gasteiger partial charge is 0.139 e. The van der Waals surface area contributed by atoms with Gasteiger partial charge in [-0.3, -0.25) is 9.69 Å². The van der Waals surface area contributed by atoms with Crippen molar-refractivity contribution in [2.45, 2.75) is 72.3 Å². The van der Waals surface area contributed by atoms with Gasteiger partial charge in [-0.25, -0.2) is 0 Å². The molecule has 0 amide bonds. The second-order valence-electron chi connectivity index (χ2n) is 6.37. The van der Waals surface area contributed by atoms with Gasteiger partial charge < -0.3 is 0 Å². The lowest BCUT2D eigenvalue weighted by atomic mass is 9.89. The molecule has 0 aromatic heterocycles. The molecule has 0 bridgehead atoms. The predicted molar refractivity (Wildman–Crippen MR) is 73.2 cm³/mol. The average Bonchev–Trinajstić information content (AvgIpc) is 2.48. The van der Waals surface area contributed by atoms with E-state index in [2.05, 4.69) is 11.8 Å². The molecule has 100 valence electrons. The van der Waals surface area contributed by atoms with Crippen molar-refractivity contribution in [2.75, 3.05) is 13.1 Å². The number of hydrogen-bond donors (Lipinski definition) is 0. The van der Waals surface area contributed by atoms with E-state index in [1.54, 1.807) is 0 Å². The number of carbonyl (C=O) groups excluding carboxylic acids is 1. The first-order valence-corrected chi connectivity index (χ1v) is 7.22. The second-order valence-corrected chi connectivity index (χ2v) is 6.37. The molecular weight excluding hydrogens is 210 g/mol. The fourth-order valence-electron chi connectivity index (χ4n) is 2.61.